The maximum Gasteiger partial charge on any atom is 0.315 e. The Bertz CT molecular complexity index is 556. The van der Waals surface area contributed by atoms with Crippen LogP contribution >= 0.6 is 0 Å². The minimum absolute atomic E-state index is 0.217. The van der Waals surface area contributed by atoms with Gasteiger partial charge in [0.2, 0.25) is 0 Å². The minimum atomic E-state index is -0.793. The van der Waals surface area contributed by atoms with Gasteiger partial charge in [-0.05, 0) is 38.0 Å². The second-order valence-corrected chi connectivity index (χ2v) is 6.07. The number of carbonyl (C=O) groups is 2. The lowest BCUT2D eigenvalue weighted by Gasteiger charge is -2.28. The molecule has 1 aromatic rings. The Morgan fingerprint density at radius 2 is 2.19 bits per heavy atom. The van der Waals surface area contributed by atoms with Gasteiger partial charge in [-0.1, -0.05) is 0 Å². The second-order valence-electron chi connectivity index (χ2n) is 6.07. The Morgan fingerprint density at radius 1 is 1.43 bits per heavy atom. The Balaban J connectivity index is 1.57. The lowest BCUT2D eigenvalue weighted by molar-refractivity contribution is -0.144. The van der Waals surface area contributed by atoms with Crippen molar-refractivity contribution in [3.8, 4) is 0 Å². The van der Waals surface area contributed by atoms with Crippen LogP contribution in [-0.4, -0.2) is 33.3 Å². The molecule has 1 aromatic heterocycles. The summed E-state index contributed by atoms with van der Waals surface area (Å²) in [6.45, 7) is 2.27. The van der Waals surface area contributed by atoms with Crippen molar-refractivity contribution >= 4 is 12.0 Å². The largest absolute Gasteiger partial charge is 0.481 e. The van der Waals surface area contributed by atoms with Crippen LogP contribution in [0.5, 0.6) is 0 Å². The third kappa shape index (κ3) is 2.59. The van der Waals surface area contributed by atoms with Crippen LogP contribution in [-0.2, 0) is 11.3 Å². The van der Waals surface area contributed by atoms with Gasteiger partial charge in [-0.15, -0.1) is 0 Å². The maximum atomic E-state index is 12.0. The van der Waals surface area contributed by atoms with Gasteiger partial charge >= 0.3 is 12.0 Å². The highest BCUT2D eigenvalue weighted by atomic mass is 16.4. The standard InChI is InChI=1S/C14H20N4O3/c1-7-10(6-16-18-7)5-15-14(21)17-12-9-3-2-8(4-9)11(12)13(19)20/h6,8-9,11-12H,2-5H2,1H3,(H,16,18)(H,19,20)(H2,15,17,21). The average molecular weight is 292 g/mol. The van der Waals surface area contributed by atoms with Crippen molar-refractivity contribution in [3.63, 3.8) is 0 Å². The summed E-state index contributed by atoms with van der Waals surface area (Å²) in [4.78, 5) is 23.4. The van der Waals surface area contributed by atoms with Crippen LogP contribution in [0.15, 0.2) is 6.20 Å². The van der Waals surface area contributed by atoms with Crippen LogP contribution in [0.25, 0.3) is 0 Å². The predicted molar refractivity (Wildman–Crippen MR) is 74.4 cm³/mol. The van der Waals surface area contributed by atoms with Crippen molar-refractivity contribution in [1.82, 2.24) is 20.8 Å². The topological polar surface area (TPSA) is 107 Å². The van der Waals surface area contributed by atoms with Crippen molar-refractivity contribution in [2.75, 3.05) is 0 Å². The molecule has 0 radical (unpaired) electrons. The summed E-state index contributed by atoms with van der Waals surface area (Å²) >= 11 is 0. The summed E-state index contributed by atoms with van der Waals surface area (Å²) in [6, 6.07) is -0.550. The molecule has 114 valence electrons. The molecule has 0 aliphatic heterocycles. The van der Waals surface area contributed by atoms with Crippen molar-refractivity contribution in [3.05, 3.63) is 17.5 Å². The summed E-state index contributed by atoms with van der Waals surface area (Å²) in [5.41, 5.74) is 1.84. The first-order valence-electron chi connectivity index (χ1n) is 7.32. The van der Waals surface area contributed by atoms with Crippen LogP contribution in [0.2, 0.25) is 0 Å². The van der Waals surface area contributed by atoms with Crippen molar-refractivity contribution < 1.29 is 14.7 Å². The number of aryl methyl sites for hydroxylation is 1. The number of H-pyrrole nitrogens is 1. The van der Waals surface area contributed by atoms with Crippen molar-refractivity contribution in [2.45, 2.75) is 38.8 Å². The van der Waals surface area contributed by atoms with Gasteiger partial charge in [-0.25, -0.2) is 4.79 Å². The van der Waals surface area contributed by atoms with Crippen LogP contribution in [0.3, 0.4) is 0 Å². The molecular weight excluding hydrogens is 272 g/mol. The molecule has 0 saturated heterocycles. The molecule has 4 N–H and O–H groups in total. The van der Waals surface area contributed by atoms with Crippen molar-refractivity contribution in [1.29, 1.82) is 0 Å². The summed E-state index contributed by atoms with van der Waals surface area (Å²) in [5, 5.41) is 21.7. The monoisotopic (exact) mass is 292 g/mol. The highest BCUT2D eigenvalue weighted by Gasteiger charge is 2.51. The molecule has 2 bridgehead atoms. The summed E-state index contributed by atoms with van der Waals surface area (Å²) < 4.78 is 0. The Morgan fingerprint density at radius 3 is 2.86 bits per heavy atom. The van der Waals surface area contributed by atoms with Gasteiger partial charge in [-0.3, -0.25) is 9.89 Å². The van der Waals surface area contributed by atoms with Crippen LogP contribution in [0.4, 0.5) is 4.79 Å². The molecule has 0 aromatic carbocycles. The molecule has 2 saturated carbocycles. The fourth-order valence-electron chi connectivity index (χ4n) is 3.79. The second kappa shape index (κ2) is 5.38. The van der Waals surface area contributed by atoms with Gasteiger partial charge in [-0.2, -0.15) is 5.10 Å². The fraction of sp³-hybridized carbons (Fsp3) is 0.643. The number of urea groups is 1. The number of hydrogen-bond donors (Lipinski definition) is 4. The normalized spacial score (nSPS) is 30.3. The van der Waals surface area contributed by atoms with E-state index >= 15 is 0 Å². The lowest BCUT2D eigenvalue weighted by Crippen LogP contribution is -2.50. The van der Waals surface area contributed by atoms with E-state index in [2.05, 4.69) is 20.8 Å². The van der Waals surface area contributed by atoms with Gasteiger partial charge in [0, 0.05) is 23.8 Å². The molecule has 2 fully saturated rings. The Labute approximate surface area is 122 Å². The van der Waals surface area contributed by atoms with E-state index in [1.165, 1.54) is 0 Å². The molecule has 7 heteroatoms. The fourth-order valence-corrected chi connectivity index (χ4v) is 3.79. The quantitative estimate of drug-likeness (QED) is 0.664. The zero-order chi connectivity index (χ0) is 15.0. The van der Waals surface area contributed by atoms with E-state index in [0.717, 1.165) is 30.5 Å². The zero-order valence-corrected chi connectivity index (χ0v) is 11.9. The van der Waals surface area contributed by atoms with Gasteiger partial charge in [0.05, 0.1) is 12.1 Å². The molecule has 0 spiro atoms. The van der Waals surface area contributed by atoms with E-state index in [4.69, 9.17) is 0 Å². The number of fused-ring (bicyclic) bond motifs is 2. The summed E-state index contributed by atoms with van der Waals surface area (Å²) in [5.74, 6) is -0.713. The Hall–Kier alpha value is -2.05. The zero-order valence-electron chi connectivity index (χ0n) is 11.9. The number of aromatic nitrogens is 2. The maximum absolute atomic E-state index is 12.0. The van der Waals surface area contributed by atoms with Crippen LogP contribution in [0, 0.1) is 24.7 Å². The minimum Gasteiger partial charge on any atom is -0.481 e. The Kier molecular flexibility index (Phi) is 3.57. The number of aliphatic carboxylic acids is 1. The van der Waals surface area contributed by atoms with E-state index in [1.54, 1.807) is 6.20 Å². The average Bonchev–Trinajstić information content (AvgIpc) is 3.12. The van der Waals surface area contributed by atoms with Gasteiger partial charge < -0.3 is 15.7 Å². The van der Waals surface area contributed by atoms with Gasteiger partial charge in [0.15, 0.2) is 0 Å². The molecular formula is C14H20N4O3. The first-order chi connectivity index (χ1) is 10.1. The number of nitrogens with zero attached hydrogens (tertiary/aromatic N) is 1. The highest BCUT2D eigenvalue weighted by Crippen LogP contribution is 2.48. The van der Waals surface area contributed by atoms with E-state index < -0.39 is 11.9 Å². The number of carboxylic acid groups (broad SMARTS) is 1. The molecule has 1 heterocycles. The molecule has 21 heavy (non-hydrogen) atoms. The molecule has 2 aliphatic rings. The highest BCUT2D eigenvalue weighted by molar-refractivity contribution is 5.77. The third-order valence-electron chi connectivity index (χ3n) is 4.87. The van der Waals surface area contributed by atoms with Crippen LogP contribution < -0.4 is 10.6 Å². The number of rotatable bonds is 4. The van der Waals surface area contributed by atoms with E-state index in [-0.39, 0.29) is 18.0 Å². The summed E-state index contributed by atoms with van der Waals surface area (Å²) in [6.07, 6.45) is 4.58. The molecule has 4 atom stereocenters. The van der Waals surface area contributed by atoms with E-state index in [0.29, 0.717) is 12.5 Å². The number of carbonyl (C=O) groups excluding carboxylic acids is 1. The first-order valence-corrected chi connectivity index (χ1v) is 7.32. The smallest absolute Gasteiger partial charge is 0.315 e. The number of aromatic amines is 1. The molecule has 4 unspecified atom stereocenters. The molecule has 3 rings (SSSR count). The van der Waals surface area contributed by atoms with Gasteiger partial charge in [0.1, 0.15) is 0 Å². The van der Waals surface area contributed by atoms with Crippen molar-refractivity contribution in [2.24, 2.45) is 17.8 Å². The number of carboxylic acids is 1. The molecule has 2 amide bonds. The number of nitrogens with one attached hydrogen (secondary N) is 3. The molecule has 2 aliphatic carbocycles. The SMILES string of the molecule is Cc1[nH]ncc1CNC(=O)NC1C2CCC(C2)C1C(=O)O. The third-order valence-corrected chi connectivity index (χ3v) is 4.87. The van der Waals surface area contributed by atoms with Gasteiger partial charge in [0.25, 0.3) is 0 Å². The molecule has 7 nitrogen and oxygen atoms in total. The van der Waals surface area contributed by atoms with Crippen LogP contribution in [0.1, 0.15) is 30.5 Å². The predicted octanol–water partition coefficient (Wildman–Crippen LogP) is 1.02. The first kappa shape index (κ1) is 13.9. The number of hydrogen-bond acceptors (Lipinski definition) is 3. The van der Waals surface area contributed by atoms with E-state index in [1.807, 2.05) is 6.92 Å². The summed E-state index contributed by atoms with van der Waals surface area (Å²) in [7, 11) is 0. The number of amides is 2. The van der Waals surface area contributed by atoms with E-state index in [9.17, 15) is 14.7 Å². The lowest BCUT2D eigenvalue weighted by atomic mass is 9.84.